The Bertz CT molecular complexity index is 704. The molecule has 0 aliphatic carbocycles. The molecule has 150 valence electrons. The Morgan fingerprint density at radius 3 is 2.56 bits per heavy atom. The minimum atomic E-state index is -0.0636. The third kappa shape index (κ3) is 6.79. The number of amides is 1. The first-order chi connectivity index (χ1) is 12.4. The Morgan fingerprint density at radius 2 is 1.96 bits per heavy atom. The van der Waals surface area contributed by atoms with Crippen LogP contribution in [0.5, 0.6) is 5.75 Å². The van der Waals surface area contributed by atoms with Crippen molar-refractivity contribution in [1.82, 2.24) is 9.88 Å². The molecule has 0 radical (unpaired) electrons. The third-order valence-electron chi connectivity index (χ3n) is 4.30. The Labute approximate surface area is 172 Å². The lowest BCUT2D eigenvalue weighted by Crippen LogP contribution is -2.34. The highest BCUT2D eigenvalue weighted by Gasteiger charge is 2.17. The maximum absolute atomic E-state index is 12.6. The van der Waals surface area contributed by atoms with Crippen LogP contribution < -0.4 is 10.5 Å². The number of rotatable bonds is 9. The zero-order valence-electron chi connectivity index (χ0n) is 16.5. The minimum absolute atomic E-state index is 0. The van der Waals surface area contributed by atoms with Gasteiger partial charge >= 0.3 is 0 Å². The monoisotopic (exact) mass is 411 g/mol. The van der Waals surface area contributed by atoms with E-state index in [1.54, 1.807) is 11.9 Å². The second-order valence-electron chi connectivity index (χ2n) is 6.83. The fourth-order valence-corrected chi connectivity index (χ4v) is 3.19. The van der Waals surface area contributed by atoms with Crippen LogP contribution >= 0.6 is 23.7 Å². The van der Waals surface area contributed by atoms with Crippen LogP contribution in [0.3, 0.4) is 0 Å². The van der Waals surface area contributed by atoms with Gasteiger partial charge in [-0.1, -0.05) is 20.8 Å². The Kier molecular flexibility index (Phi) is 9.77. The molecule has 1 amide bonds. The average Bonchev–Trinajstić information content (AvgIpc) is 3.13. The van der Waals surface area contributed by atoms with Gasteiger partial charge in [0.25, 0.3) is 5.91 Å². The van der Waals surface area contributed by atoms with Crippen LogP contribution in [0.15, 0.2) is 29.6 Å². The number of halogens is 1. The summed E-state index contributed by atoms with van der Waals surface area (Å²) in [5.41, 5.74) is 7.54. The van der Waals surface area contributed by atoms with Crippen molar-refractivity contribution < 1.29 is 9.53 Å². The standard InChI is InChI=1S/C20H29N3O2S.ClH/c1-5-12-25-16-8-6-15(7-9-16)19-22-18(13-26-19)20(24)23(4)11-10-17(21)14(2)3;/h6-9,13-14,17H,5,10-12,21H2,1-4H3;1H. The number of hydrogen-bond acceptors (Lipinski definition) is 5. The van der Waals surface area contributed by atoms with Gasteiger partial charge in [-0.15, -0.1) is 23.7 Å². The van der Waals surface area contributed by atoms with E-state index in [1.807, 2.05) is 29.6 Å². The number of carbonyl (C=O) groups excluding carboxylic acids is 1. The highest BCUT2D eigenvalue weighted by atomic mass is 35.5. The number of aromatic nitrogens is 1. The summed E-state index contributed by atoms with van der Waals surface area (Å²) in [5.74, 6) is 1.20. The Hall–Kier alpha value is -1.63. The van der Waals surface area contributed by atoms with Gasteiger partial charge in [-0.25, -0.2) is 4.98 Å². The number of nitrogens with zero attached hydrogens (tertiary/aromatic N) is 2. The summed E-state index contributed by atoms with van der Waals surface area (Å²) in [6.45, 7) is 7.61. The van der Waals surface area contributed by atoms with Crippen molar-refractivity contribution in [2.24, 2.45) is 11.7 Å². The van der Waals surface area contributed by atoms with E-state index in [4.69, 9.17) is 10.5 Å². The van der Waals surface area contributed by atoms with Gasteiger partial charge in [-0.2, -0.15) is 0 Å². The molecule has 1 heterocycles. The van der Waals surface area contributed by atoms with Gasteiger partial charge in [0.05, 0.1) is 6.61 Å². The van der Waals surface area contributed by atoms with Crippen LogP contribution in [-0.4, -0.2) is 42.0 Å². The van der Waals surface area contributed by atoms with E-state index in [-0.39, 0.29) is 24.4 Å². The molecule has 0 spiro atoms. The molecule has 1 atom stereocenters. The van der Waals surface area contributed by atoms with E-state index in [9.17, 15) is 4.79 Å². The van der Waals surface area contributed by atoms with Gasteiger partial charge in [0.15, 0.2) is 0 Å². The molecule has 2 rings (SSSR count). The molecule has 27 heavy (non-hydrogen) atoms. The summed E-state index contributed by atoms with van der Waals surface area (Å²) < 4.78 is 5.60. The average molecular weight is 412 g/mol. The van der Waals surface area contributed by atoms with Crippen LogP contribution in [0.2, 0.25) is 0 Å². The van der Waals surface area contributed by atoms with E-state index in [0.29, 0.717) is 24.8 Å². The third-order valence-corrected chi connectivity index (χ3v) is 5.19. The smallest absolute Gasteiger partial charge is 0.273 e. The molecular formula is C20H30ClN3O2S. The maximum atomic E-state index is 12.6. The first-order valence-electron chi connectivity index (χ1n) is 9.12. The lowest BCUT2D eigenvalue weighted by atomic mass is 10.0. The lowest BCUT2D eigenvalue weighted by molar-refractivity contribution is 0.0784. The van der Waals surface area contributed by atoms with Gasteiger partial charge in [0, 0.05) is 30.6 Å². The van der Waals surface area contributed by atoms with Gasteiger partial charge in [0.2, 0.25) is 0 Å². The van der Waals surface area contributed by atoms with Gasteiger partial charge in [-0.3, -0.25) is 4.79 Å². The summed E-state index contributed by atoms with van der Waals surface area (Å²) in [4.78, 5) is 18.8. The normalized spacial score (nSPS) is 11.8. The highest BCUT2D eigenvalue weighted by molar-refractivity contribution is 7.13. The molecule has 7 heteroatoms. The van der Waals surface area contributed by atoms with Crippen molar-refractivity contribution >= 4 is 29.7 Å². The van der Waals surface area contributed by atoms with Gasteiger partial charge in [-0.05, 0) is 43.0 Å². The fraction of sp³-hybridized carbons (Fsp3) is 0.500. The van der Waals surface area contributed by atoms with Gasteiger partial charge < -0.3 is 15.4 Å². The van der Waals surface area contributed by atoms with Crippen molar-refractivity contribution in [3.8, 4) is 16.3 Å². The quantitative estimate of drug-likeness (QED) is 0.661. The molecule has 0 aliphatic rings. The van der Waals surface area contributed by atoms with Crippen LogP contribution in [0.1, 0.15) is 44.1 Å². The number of thiazole rings is 1. The number of nitrogens with two attached hydrogens (primary N) is 1. The summed E-state index contributed by atoms with van der Waals surface area (Å²) in [7, 11) is 1.80. The molecule has 0 bridgehead atoms. The molecule has 0 fully saturated rings. The van der Waals surface area contributed by atoms with Crippen molar-refractivity contribution in [2.75, 3.05) is 20.2 Å². The molecule has 0 saturated heterocycles. The Balaban J connectivity index is 0.00000364. The van der Waals surface area contributed by atoms with Crippen LogP contribution in [0.4, 0.5) is 0 Å². The largest absolute Gasteiger partial charge is 0.494 e. The Morgan fingerprint density at radius 1 is 1.30 bits per heavy atom. The van der Waals surface area contributed by atoms with Crippen LogP contribution in [-0.2, 0) is 0 Å². The topological polar surface area (TPSA) is 68.5 Å². The van der Waals surface area contributed by atoms with E-state index >= 15 is 0 Å². The molecule has 2 N–H and O–H groups in total. The summed E-state index contributed by atoms with van der Waals surface area (Å²) >= 11 is 1.48. The molecule has 2 aromatic rings. The second kappa shape index (κ2) is 11.3. The molecule has 1 aromatic carbocycles. The zero-order chi connectivity index (χ0) is 19.1. The van der Waals surface area contributed by atoms with Gasteiger partial charge in [0.1, 0.15) is 16.5 Å². The van der Waals surface area contributed by atoms with Crippen LogP contribution in [0.25, 0.3) is 10.6 Å². The lowest BCUT2D eigenvalue weighted by Gasteiger charge is -2.20. The predicted molar refractivity (Wildman–Crippen MR) is 115 cm³/mol. The first kappa shape index (κ1) is 23.4. The van der Waals surface area contributed by atoms with Crippen molar-refractivity contribution in [3.63, 3.8) is 0 Å². The second-order valence-corrected chi connectivity index (χ2v) is 7.69. The zero-order valence-corrected chi connectivity index (χ0v) is 18.1. The number of carbonyl (C=O) groups is 1. The molecule has 5 nitrogen and oxygen atoms in total. The summed E-state index contributed by atoms with van der Waals surface area (Å²) in [6, 6.07) is 7.93. The van der Waals surface area contributed by atoms with Crippen molar-refractivity contribution in [3.05, 3.63) is 35.3 Å². The maximum Gasteiger partial charge on any atom is 0.273 e. The highest BCUT2D eigenvalue weighted by Crippen LogP contribution is 2.26. The SMILES string of the molecule is CCCOc1ccc(-c2nc(C(=O)N(C)CCC(N)C(C)C)cs2)cc1.Cl. The van der Waals surface area contributed by atoms with E-state index in [1.165, 1.54) is 11.3 Å². The van der Waals surface area contributed by atoms with Crippen molar-refractivity contribution in [1.29, 1.82) is 0 Å². The number of hydrogen-bond donors (Lipinski definition) is 1. The summed E-state index contributed by atoms with van der Waals surface area (Å²) in [6.07, 6.45) is 1.77. The van der Waals surface area contributed by atoms with E-state index in [0.717, 1.165) is 29.2 Å². The fourth-order valence-electron chi connectivity index (χ4n) is 2.39. The van der Waals surface area contributed by atoms with E-state index < -0.39 is 0 Å². The van der Waals surface area contributed by atoms with Crippen molar-refractivity contribution in [2.45, 2.75) is 39.7 Å². The predicted octanol–water partition coefficient (Wildman–Crippen LogP) is 4.47. The first-order valence-corrected chi connectivity index (χ1v) is 10.00. The summed E-state index contributed by atoms with van der Waals surface area (Å²) in [5, 5.41) is 2.65. The number of benzene rings is 1. The number of ether oxygens (including phenoxy) is 1. The molecule has 1 unspecified atom stereocenters. The molecule has 0 aliphatic heterocycles. The van der Waals surface area contributed by atoms with E-state index in [2.05, 4.69) is 25.8 Å². The van der Waals surface area contributed by atoms with Crippen LogP contribution in [0, 0.1) is 5.92 Å². The molecule has 0 saturated carbocycles. The minimum Gasteiger partial charge on any atom is -0.494 e. The molecular weight excluding hydrogens is 382 g/mol. The molecule has 1 aromatic heterocycles.